The van der Waals surface area contributed by atoms with Gasteiger partial charge in [-0.05, 0) is 12.8 Å². The van der Waals surface area contributed by atoms with Crippen LogP contribution in [0, 0.1) is 0 Å². The van der Waals surface area contributed by atoms with Gasteiger partial charge in [0.1, 0.15) is 0 Å². The van der Waals surface area contributed by atoms with Gasteiger partial charge in [-0.1, -0.05) is 11.6 Å². The van der Waals surface area contributed by atoms with Gasteiger partial charge in [0.25, 0.3) is 5.91 Å². The van der Waals surface area contributed by atoms with Crippen molar-refractivity contribution in [2.75, 3.05) is 5.75 Å². The van der Waals surface area contributed by atoms with Crippen LogP contribution in [0.5, 0.6) is 0 Å². The molecule has 2 N–H and O–H groups in total. The van der Waals surface area contributed by atoms with Crippen LogP contribution in [0.2, 0.25) is 0 Å². The maximum absolute atomic E-state index is 12.0. The Labute approximate surface area is 121 Å². The van der Waals surface area contributed by atoms with Gasteiger partial charge in [-0.25, -0.2) is 8.42 Å². The van der Waals surface area contributed by atoms with Crippen LogP contribution in [-0.4, -0.2) is 36.6 Å². The van der Waals surface area contributed by atoms with Crippen molar-refractivity contribution in [1.29, 1.82) is 0 Å². The fourth-order valence-electron chi connectivity index (χ4n) is 1.36. The normalized spacial score (nSPS) is 16.5. The number of amides is 1. The summed E-state index contributed by atoms with van der Waals surface area (Å²) in [6.45, 7) is 0. The second-order valence-electron chi connectivity index (χ2n) is 4.25. The van der Waals surface area contributed by atoms with Crippen molar-refractivity contribution in [3.05, 3.63) is 0 Å². The molecule has 0 spiro atoms. The Morgan fingerprint density at radius 1 is 0.952 bits per heavy atom. The Balaban J connectivity index is 5.05. The van der Waals surface area contributed by atoms with E-state index in [1.54, 1.807) is 0 Å². The monoisotopic (exact) mass is 363 g/mol. The van der Waals surface area contributed by atoms with Crippen LogP contribution in [0.25, 0.3) is 0 Å². The fourth-order valence-corrected chi connectivity index (χ4v) is 3.31. The molecular weight excluding hydrogens is 352 g/mol. The summed E-state index contributed by atoms with van der Waals surface area (Å²) in [5, 5.41) is 0. The Bertz CT molecular complexity index is 475. The van der Waals surface area contributed by atoms with E-state index in [0.717, 1.165) is 0 Å². The lowest BCUT2D eigenvalue weighted by Crippen LogP contribution is -2.47. The SMILES string of the molecule is NC(=O)C(Cl)(CCCC(F)(F)F)S(=O)(=O)CCC(F)(F)F. The van der Waals surface area contributed by atoms with E-state index in [9.17, 15) is 39.6 Å². The third kappa shape index (κ3) is 6.72. The average molecular weight is 364 g/mol. The van der Waals surface area contributed by atoms with Crippen LogP contribution in [0.1, 0.15) is 25.7 Å². The molecule has 21 heavy (non-hydrogen) atoms. The van der Waals surface area contributed by atoms with Crippen LogP contribution in [0.15, 0.2) is 0 Å². The highest BCUT2D eigenvalue weighted by atomic mass is 35.5. The molecule has 12 heteroatoms. The van der Waals surface area contributed by atoms with Gasteiger partial charge < -0.3 is 5.73 Å². The summed E-state index contributed by atoms with van der Waals surface area (Å²) in [6.07, 6.45) is -14.6. The summed E-state index contributed by atoms with van der Waals surface area (Å²) in [6, 6.07) is 0. The smallest absolute Gasteiger partial charge is 0.367 e. The van der Waals surface area contributed by atoms with Crippen molar-refractivity contribution in [2.45, 2.75) is 42.2 Å². The van der Waals surface area contributed by atoms with Gasteiger partial charge in [0.05, 0.1) is 12.2 Å². The molecule has 1 unspecified atom stereocenters. The number of carbonyl (C=O) groups is 1. The lowest BCUT2D eigenvalue weighted by molar-refractivity contribution is -0.136. The van der Waals surface area contributed by atoms with E-state index in [-0.39, 0.29) is 0 Å². The van der Waals surface area contributed by atoms with Gasteiger partial charge in [0, 0.05) is 6.42 Å². The highest BCUT2D eigenvalue weighted by Crippen LogP contribution is 2.34. The van der Waals surface area contributed by atoms with E-state index in [1.165, 1.54) is 0 Å². The summed E-state index contributed by atoms with van der Waals surface area (Å²) in [4.78, 5) is 11.1. The maximum Gasteiger partial charge on any atom is 0.390 e. The second-order valence-corrected chi connectivity index (χ2v) is 7.45. The predicted molar refractivity (Wildman–Crippen MR) is 62.1 cm³/mol. The molecule has 0 aromatic heterocycles. The molecule has 0 saturated carbocycles. The summed E-state index contributed by atoms with van der Waals surface area (Å²) in [5.74, 6) is -3.23. The van der Waals surface area contributed by atoms with Crippen LogP contribution < -0.4 is 5.73 Å². The minimum atomic E-state index is -4.87. The molecule has 4 nitrogen and oxygen atoms in total. The zero-order valence-corrected chi connectivity index (χ0v) is 12.0. The van der Waals surface area contributed by atoms with Crippen molar-refractivity contribution in [1.82, 2.24) is 0 Å². The molecular formula is C9H12ClF6NO3S. The maximum atomic E-state index is 12.0. The van der Waals surface area contributed by atoms with Crippen molar-refractivity contribution < 1.29 is 39.6 Å². The highest BCUT2D eigenvalue weighted by molar-refractivity contribution is 7.95. The second kappa shape index (κ2) is 6.59. The Hall–Kier alpha value is -0.710. The summed E-state index contributed by atoms with van der Waals surface area (Å²) >= 11 is 5.43. The summed E-state index contributed by atoms with van der Waals surface area (Å²) < 4.78 is 92.3. The number of hydrogen-bond acceptors (Lipinski definition) is 3. The van der Waals surface area contributed by atoms with E-state index < -0.39 is 63.7 Å². The number of carbonyl (C=O) groups excluding carboxylic acids is 1. The average Bonchev–Trinajstić information content (AvgIpc) is 2.23. The Kier molecular flexibility index (Phi) is 6.37. The third-order valence-corrected chi connectivity index (χ3v) is 5.69. The first-order valence-electron chi connectivity index (χ1n) is 5.45. The van der Waals surface area contributed by atoms with E-state index in [2.05, 4.69) is 0 Å². The van der Waals surface area contributed by atoms with Crippen LogP contribution in [-0.2, 0) is 14.6 Å². The molecule has 0 aromatic rings. The van der Waals surface area contributed by atoms with Crippen LogP contribution in [0.3, 0.4) is 0 Å². The zero-order valence-electron chi connectivity index (χ0n) is 10.4. The lowest BCUT2D eigenvalue weighted by Gasteiger charge is -2.24. The number of alkyl halides is 7. The zero-order chi connectivity index (χ0) is 17.1. The minimum absolute atomic E-state index is 0.860. The first kappa shape index (κ1) is 20.3. The van der Waals surface area contributed by atoms with Crippen LogP contribution >= 0.6 is 11.6 Å². The van der Waals surface area contributed by atoms with Crippen molar-refractivity contribution in [3.63, 3.8) is 0 Å². The molecule has 0 fully saturated rings. The predicted octanol–water partition coefficient (Wildman–Crippen LogP) is 2.51. The molecule has 0 aliphatic heterocycles. The molecule has 126 valence electrons. The van der Waals surface area contributed by atoms with Crippen molar-refractivity contribution >= 4 is 27.3 Å². The Morgan fingerprint density at radius 2 is 1.38 bits per heavy atom. The van der Waals surface area contributed by atoms with E-state index in [0.29, 0.717) is 0 Å². The number of primary amides is 1. The van der Waals surface area contributed by atoms with Gasteiger partial charge in [-0.15, -0.1) is 0 Å². The Morgan fingerprint density at radius 3 is 1.71 bits per heavy atom. The molecule has 0 radical (unpaired) electrons. The van der Waals surface area contributed by atoms with Crippen molar-refractivity contribution in [3.8, 4) is 0 Å². The first-order valence-corrected chi connectivity index (χ1v) is 7.48. The number of nitrogens with two attached hydrogens (primary N) is 1. The first-order chi connectivity index (χ1) is 9.11. The molecule has 0 aliphatic rings. The summed E-state index contributed by atoms with van der Waals surface area (Å²) in [5.41, 5.74) is 4.73. The lowest BCUT2D eigenvalue weighted by atomic mass is 10.1. The van der Waals surface area contributed by atoms with Gasteiger partial charge in [0.15, 0.2) is 9.84 Å². The molecule has 1 amide bonds. The topological polar surface area (TPSA) is 77.2 Å². The minimum Gasteiger partial charge on any atom is -0.367 e. The van der Waals surface area contributed by atoms with Crippen molar-refractivity contribution in [2.24, 2.45) is 5.73 Å². The van der Waals surface area contributed by atoms with Crippen LogP contribution in [0.4, 0.5) is 26.3 Å². The van der Waals surface area contributed by atoms with Gasteiger partial charge in [-0.3, -0.25) is 4.79 Å². The highest BCUT2D eigenvalue weighted by Gasteiger charge is 2.49. The quantitative estimate of drug-likeness (QED) is 0.557. The number of halogens is 7. The third-order valence-electron chi connectivity index (χ3n) is 2.47. The molecule has 0 heterocycles. The molecule has 1 atom stereocenters. The number of rotatable bonds is 7. The van der Waals surface area contributed by atoms with E-state index in [4.69, 9.17) is 17.3 Å². The molecule has 0 rings (SSSR count). The van der Waals surface area contributed by atoms with E-state index in [1.807, 2.05) is 0 Å². The molecule has 0 saturated heterocycles. The molecule has 0 bridgehead atoms. The van der Waals surface area contributed by atoms with Gasteiger partial charge in [0.2, 0.25) is 4.21 Å². The van der Waals surface area contributed by atoms with Gasteiger partial charge >= 0.3 is 12.4 Å². The fraction of sp³-hybridized carbons (Fsp3) is 0.889. The number of sulfone groups is 1. The standard InChI is InChI=1S/C9H12ClF6NO3S/c10-7(6(17)18,2-1-3-8(11,12)13)21(19,20)5-4-9(14,15)16/h1-5H2,(H2,17,18). The van der Waals surface area contributed by atoms with E-state index >= 15 is 0 Å². The molecule has 0 aromatic carbocycles. The van der Waals surface area contributed by atoms with Gasteiger partial charge in [-0.2, -0.15) is 26.3 Å². The number of hydrogen-bond donors (Lipinski definition) is 1. The molecule has 0 aliphatic carbocycles. The summed E-state index contributed by atoms with van der Waals surface area (Å²) in [7, 11) is -4.87. The largest absolute Gasteiger partial charge is 0.390 e.